The second kappa shape index (κ2) is 7.63. The quantitative estimate of drug-likeness (QED) is 0.744. The van der Waals surface area contributed by atoms with Crippen LogP contribution in [-0.2, 0) is 22.4 Å². The number of ether oxygens (including phenoxy) is 1. The Morgan fingerprint density at radius 1 is 1.00 bits per heavy atom. The maximum absolute atomic E-state index is 11.8. The number of esters is 1. The minimum Gasteiger partial charge on any atom is -0.465 e. The monoisotopic (exact) mass is 282 g/mol. The molecular formula is C19H22O2. The number of carbonyl (C=O) groups is 1. The van der Waals surface area contributed by atoms with Crippen LogP contribution in [0.15, 0.2) is 54.6 Å². The fourth-order valence-electron chi connectivity index (χ4n) is 2.20. The minimum absolute atomic E-state index is 0.166. The average molecular weight is 282 g/mol. The second-order valence-corrected chi connectivity index (χ2v) is 5.53. The highest BCUT2D eigenvalue weighted by molar-refractivity contribution is 5.72. The van der Waals surface area contributed by atoms with Gasteiger partial charge in [-0.1, -0.05) is 68.4 Å². The standard InChI is InChI=1S/C19H22O2/c1-15(2)18-10-6-9-17(13-18)11-12-21-19(20)14-16-7-4-3-5-8-16/h3-10,13,15H,11-12,14H2,1-2H3. The van der Waals surface area contributed by atoms with E-state index in [9.17, 15) is 4.79 Å². The molecule has 0 saturated heterocycles. The van der Waals surface area contributed by atoms with Crippen LogP contribution >= 0.6 is 0 Å². The normalized spacial score (nSPS) is 10.6. The van der Waals surface area contributed by atoms with Gasteiger partial charge in [-0.15, -0.1) is 0 Å². The maximum atomic E-state index is 11.8. The average Bonchev–Trinajstić information content (AvgIpc) is 2.48. The van der Waals surface area contributed by atoms with Gasteiger partial charge in [0.25, 0.3) is 0 Å². The summed E-state index contributed by atoms with van der Waals surface area (Å²) in [4.78, 5) is 11.8. The molecule has 0 spiro atoms. The second-order valence-electron chi connectivity index (χ2n) is 5.53. The lowest BCUT2D eigenvalue weighted by Crippen LogP contribution is -2.10. The molecule has 0 bridgehead atoms. The van der Waals surface area contributed by atoms with E-state index in [1.165, 1.54) is 11.1 Å². The Balaban J connectivity index is 1.79. The fraction of sp³-hybridized carbons (Fsp3) is 0.316. The molecule has 0 atom stereocenters. The van der Waals surface area contributed by atoms with Gasteiger partial charge in [-0.05, 0) is 22.6 Å². The molecule has 0 unspecified atom stereocenters. The van der Waals surface area contributed by atoms with E-state index in [2.05, 4.69) is 38.1 Å². The molecule has 21 heavy (non-hydrogen) atoms. The summed E-state index contributed by atoms with van der Waals surface area (Å²) >= 11 is 0. The molecule has 2 nitrogen and oxygen atoms in total. The van der Waals surface area contributed by atoms with Crippen LogP contribution in [0.3, 0.4) is 0 Å². The van der Waals surface area contributed by atoms with Gasteiger partial charge in [0.1, 0.15) is 0 Å². The van der Waals surface area contributed by atoms with E-state index in [-0.39, 0.29) is 5.97 Å². The summed E-state index contributed by atoms with van der Waals surface area (Å²) in [7, 11) is 0. The Morgan fingerprint density at radius 3 is 2.43 bits per heavy atom. The summed E-state index contributed by atoms with van der Waals surface area (Å²) in [6.07, 6.45) is 1.11. The number of carbonyl (C=O) groups excluding carboxylic acids is 1. The van der Waals surface area contributed by atoms with Crippen LogP contribution in [0.5, 0.6) is 0 Å². The van der Waals surface area contributed by atoms with Crippen LogP contribution in [0, 0.1) is 0 Å². The van der Waals surface area contributed by atoms with Gasteiger partial charge >= 0.3 is 5.97 Å². The van der Waals surface area contributed by atoms with Gasteiger partial charge < -0.3 is 4.74 Å². The first kappa shape index (κ1) is 15.3. The zero-order valence-electron chi connectivity index (χ0n) is 12.7. The third kappa shape index (κ3) is 5.07. The Hall–Kier alpha value is -2.09. The van der Waals surface area contributed by atoms with E-state index < -0.39 is 0 Å². The number of benzene rings is 2. The molecule has 0 N–H and O–H groups in total. The highest BCUT2D eigenvalue weighted by Gasteiger charge is 2.05. The predicted octanol–water partition coefficient (Wildman–Crippen LogP) is 4.14. The Labute approximate surface area is 126 Å². The summed E-state index contributed by atoms with van der Waals surface area (Å²) in [5.74, 6) is 0.354. The van der Waals surface area contributed by atoms with Gasteiger partial charge in [-0.3, -0.25) is 4.79 Å². The molecule has 0 fully saturated rings. The zero-order chi connectivity index (χ0) is 15.1. The largest absolute Gasteiger partial charge is 0.465 e. The van der Waals surface area contributed by atoms with Crippen molar-refractivity contribution in [2.24, 2.45) is 0 Å². The maximum Gasteiger partial charge on any atom is 0.310 e. The van der Waals surface area contributed by atoms with Crippen LogP contribution in [-0.4, -0.2) is 12.6 Å². The smallest absolute Gasteiger partial charge is 0.310 e. The van der Waals surface area contributed by atoms with Crippen molar-refractivity contribution in [2.45, 2.75) is 32.6 Å². The zero-order valence-corrected chi connectivity index (χ0v) is 12.7. The van der Waals surface area contributed by atoms with E-state index in [0.29, 0.717) is 18.9 Å². The van der Waals surface area contributed by atoms with Crippen LogP contribution in [0.1, 0.15) is 36.5 Å². The molecule has 0 aromatic heterocycles. The van der Waals surface area contributed by atoms with Gasteiger partial charge in [0.05, 0.1) is 13.0 Å². The molecule has 0 aliphatic carbocycles. The summed E-state index contributed by atoms with van der Waals surface area (Å²) in [6, 6.07) is 18.1. The molecule has 2 heteroatoms. The first-order valence-electron chi connectivity index (χ1n) is 7.43. The highest BCUT2D eigenvalue weighted by Crippen LogP contribution is 2.15. The number of rotatable bonds is 6. The summed E-state index contributed by atoms with van der Waals surface area (Å²) in [6.45, 7) is 4.80. The lowest BCUT2D eigenvalue weighted by molar-refractivity contribution is -0.142. The van der Waals surface area contributed by atoms with Gasteiger partial charge in [0.15, 0.2) is 0 Å². The van der Waals surface area contributed by atoms with E-state index in [1.807, 2.05) is 30.3 Å². The molecular weight excluding hydrogens is 260 g/mol. The van der Waals surface area contributed by atoms with Crippen molar-refractivity contribution in [2.75, 3.05) is 6.61 Å². The van der Waals surface area contributed by atoms with Crippen LogP contribution in [0.2, 0.25) is 0 Å². The highest BCUT2D eigenvalue weighted by atomic mass is 16.5. The first-order chi connectivity index (χ1) is 10.1. The summed E-state index contributed by atoms with van der Waals surface area (Å²) < 4.78 is 5.31. The Bertz CT molecular complexity index is 573. The van der Waals surface area contributed by atoms with Gasteiger partial charge in [-0.2, -0.15) is 0 Å². The van der Waals surface area contributed by atoms with Crippen molar-refractivity contribution in [3.05, 3.63) is 71.3 Å². The van der Waals surface area contributed by atoms with Crippen LogP contribution in [0.25, 0.3) is 0 Å². The summed E-state index contributed by atoms with van der Waals surface area (Å²) in [5, 5.41) is 0. The van der Waals surface area contributed by atoms with Crippen molar-refractivity contribution < 1.29 is 9.53 Å². The molecule has 0 aliphatic rings. The fourth-order valence-corrected chi connectivity index (χ4v) is 2.20. The molecule has 0 aliphatic heterocycles. The van der Waals surface area contributed by atoms with Crippen molar-refractivity contribution in [1.29, 1.82) is 0 Å². The molecule has 2 aromatic carbocycles. The Morgan fingerprint density at radius 2 is 1.71 bits per heavy atom. The van der Waals surface area contributed by atoms with Crippen LogP contribution in [0.4, 0.5) is 0 Å². The van der Waals surface area contributed by atoms with E-state index in [4.69, 9.17) is 4.74 Å². The third-order valence-electron chi connectivity index (χ3n) is 3.46. The van der Waals surface area contributed by atoms with E-state index in [1.54, 1.807) is 0 Å². The molecule has 0 saturated carbocycles. The molecule has 0 radical (unpaired) electrons. The van der Waals surface area contributed by atoms with E-state index >= 15 is 0 Å². The number of hydrogen-bond donors (Lipinski definition) is 0. The van der Waals surface area contributed by atoms with Gasteiger partial charge in [-0.25, -0.2) is 0 Å². The van der Waals surface area contributed by atoms with Gasteiger partial charge in [0.2, 0.25) is 0 Å². The SMILES string of the molecule is CC(C)c1cccc(CCOC(=O)Cc2ccccc2)c1. The third-order valence-corrected chi connectivity index (χ3v) is 3.46. The van der Waals surface area contributed by atoms with Crippen molar-refractivity contribution >= 4 is 5.97 Å². The first-order valence-corrected chi connectivity index (χ1v) is 7.43. The van der Waals surface area contributed by atoms with Crippen molar-refractivity contribution in [1.82, 2.24) is 0 Å². The lowest BCUT2D eigenvalue weighted by Gasteiger charge is -2.09. The number of hydrogen-bond acceptors (Lipinski definition) is 2. The molecule has 2 aromatic rings. The Kier molecular flexibility index (Phi) is 5.56. The van der Waals surface area contributed by atoms with E-state index in [0.717, 1.165) is 12.0 Å². The lowest BCUT2D eigenvalue weighted by atomic mass is 10.00. The van der Waals surface area contributed by atoms with Crippen molar-refractivity contribution in [3.63, 3.8) is 0 Å². The van der Waals surface area contributed by atoms with Gasteiger partial charge in [0, 0.05) is 6.42 Å². The molecule has 0 amide bonds. The molecule has 0 heterocycles. The van der Waals surface area contributed by atoms with Crippen molar-refractivity contribution in [3.8, 4) is 0 Å². The molecule has 110 valence electrons. The topological polar surface area (TPSA) is 26.3 Å². The minimum atomic E-state index is -0.166. The summed E-state index contributed by atoms with van der Waals surface area (Å²) in [5.41, 5.74) is 3.53. The predicted molar refractivity (Wildman–Crippen MR) is 85.3 cm³/mol. The van der Waals surface area contributed by atoms with Crippen LogP contribution < -0.4 is 0 Å². The molecule has 2 rings (SSSR count).